The lowest BCUT2D eigenvalue weighted by Gasteiger charge is -2.32. The lowest BCUT2D eigenvalue weighted by molar-refractivity contribution is -0.152. The van der Waals surface area contributed by atoms with E-state index in [9.17, 15) is 18.8 Å². The molecule has 0 saturated carbocycles. The fourth-order valence-corrected chi connectivity index (χ4v) is 4.37. The highest BCUT2D eigenvalue weighted by molar-refractivity contribution is 7.17. The minimum absolute atomic E-state index is 0.202. The second-order valence-corrected chi connectivity index (χ2v) is 8.34. The van der Waals surface area contributed by atoms with Crippen LogP contribution in [0.2, 0.25) is 0 Å². The largest absolute Gasteiger partial charge is 0.466 e. The smallest absolute Gasteiger partial charge is 0.351 e. The Morgan fingerprint density at radius 1 is 1.23 bits per heavy atom. The standard InChI is InChI=1S/C22H25FN2O5S/c1-4-29-21(27)16-9-11-25(12-10-16)20(26)14(3)30-22(28)18-13(2)24-19(31-18)15-5-7-17(23)8-6-15/h5-8,14,16H,4,9-12H2,1-3H3. The van der Waals surface area contributed by atoms with Crippen molar-refractivity contribution in [2.75, 3.05) is 19.7 Å². The molecule has 7 nitrogen and oxygen atoms in total. The number of halogens is 1. The number of hydrogen-bond donors (Lipinski definition) is 0. The zero-order valence-corrected chi connectivity index (χ0v) is 18.5. The fraction of sp³-hybridized carbons (Fsp3) is 0.455. The molecule has 1 saturated heterocycles. The first-order valence-corrected chi connectivity index (χ1v) is 11.0. The van der Waals surface area contributed by atoms with Gasteiger partial charge in [-0.15, -0.1) is 11.3 Å². The Balaban J connectivity index is 1.59. The molecule has 1 aliphatic rings. The Kier molecular flexibility index (Phi) is 7.37. The molecule has 2 aromatic rings. The Morgan fingerprint density at radius 3 is 2.48 bits per heavy atom. The van der Waals surface area contributed by atoms with Crippen molar-refractivity contribution in [3.05, 3.63) is 40.7 Å². The molecular formula is C22H25FN2O5S. The Hall–Kier alpha value is -2.81. The third kappa shape index (κ3) is 5.46. The van der Waals surface area contributed by atoms with Crippen molar-refractivity contribution in [2.24, 2.45) is 5.92 Å². The molecule has 0 spiro atoms. The molecule has 0 N–H and O–H groups in total. The maximum absolute atomic E-state index is 13.1. The van der Waals surface area contributed by atoms with Crippen LogP contribution in [0, 0.1) is 18.7 Å². The molecule has 1 fully saturated rings. The Bertz CT molecular complexity index is 951. The minimum Gasteiger partial charge on any atom is -0.466 e. The van der Waals surface area contributed by atoms with E-state index in [0.29, 0.717) is 53.7 Å². The van der Waals surface area contributed by atoms with Crippen LogP contribution < -0.4 is 0 Å². The van der Waals surface area contributed by atoms with Crippen LogP contribution in [-0.2, 0) is 19.1 Å². The van der Waals surface area contributed by atoms with Crippen LogP contribution in [-0.4, -0.2) is 53.5 Å². The molecule has 1 aliphatic heterocycles. The van der Waals surface area contributed by atoms with E-state index >= 15 is 0 Å². The monoisotopic (exact) mass is 448 g/mol. The van der Waals surface area contributed by atoms with Gasteiger partial charge in [0, 0.05) is 18.7 Å². The maximum Gasteiger partial charge on any atom is 0.351 e. The number of carbonyl (C=O) groups excluding carboxylic acids is 3. The summed E-state index contributed by atoms with van der Waals surface area (Å²) >= 11 is 1.14. The minimum atomic E-state index is -0.956. The summed E-state index contributed by atoms with van der Waals surface area (Å²) in [6, 6.07) is 5.84. The molecule has 1 aromatic heterocycles. The molecule has 166 valence electrons. The molecule has 0 aliphatic carbocycles. The molecular weight excluding hydrogens is 423 g/mol. The summed E-state index contributed by atoms with van der Waals surface area (Å²) in [6.07, 6.45) is 0.0999. The summed E-state index contributed by atoms with van der Waals surface area (Å²) < 4.78 is 23.6. The van der Waals surface area contributed by atoms with E-state index in [0.717, 1.165) is 11.3 Å². The van der Waals surface area contributed by atoms with Gasteiger partial charge in [-0.3, -0.25) is 9.59 Å². The lowest BCUT2D eigenvalue weighted by atomic mass is 9.97. The Morgan fingerprint density at radius 2 is 1.87 bits per heavy atom. The van der Waals surface area contributed by atoms with Gasteiger partial charge in [-0.2, -0.15) is 0 Å². The molecule has 9 heteroatoms. The number of nitrogens with zero attached hydrogens (tertiary/aromatic N) is 2. The zero-order chi connectivity index (χ0) is 22.5. The predicted molar refractivity (Wildman–Crippen MR) is 113 cm³/mol. The van der Waals surface area contributed by atoms with Crippen LogP contribution in [0.5, 0.6) is 0 Å². The first-order valence-electron chi connectivity index (χ1n) is 10.2. The van der Waals surface area contributed by atoms with Gasteiger partial charge < -0.3 is 14.4 Å². The second kappa shape index (κ2) is 10.00. The van der Waals surface area contributed by atoms with Crippen molar-refractivity contribution in [3.63, 3.8) is 0 Å². The number of esters is 2. The van der Waals surface area contributed by atoms with Crippen molar-refractivity contribution < 1.29 is 28.2 Å². The average molecular weight is 449 g/mol. The van der Waals surface area contributed by atoms with Crippen molar-refractivity contribution >= 4 is 29.2 Å². The van der Waals surface area contributed by atoms with Crippen molar-refractivity contribution in [1.82, 2.24) is 9.88 Å². The molecule has 1 aromatic carbocycles. The number of ether oxygens (including phenoxy) is 2. The molecule has 1 unspecified atom stereocenters. The SMILES string of the molecule is CCOC(=O)C1CCN(C(=O)C(C)OC(=O)c2sc(-c3ccc(F)cc3)nc2C)CC1. The van der Waals surface area contributed by atoms with Crippen LogP contribution in [0.3, 0.4) is 0 Å². The molecule has 31 heavy (non-hydrogen) atoms. The Labute approximate surface area is 184 Å². The summed E-state index contributed by atoms with van der Waals surface area (Å²) in [5, 5.41) is 0.574. The number of benzene rings is 1. The van der Waals surface area contributed by atoms with Gasteiger partial charge in [0.1, 0.15) is 15.7 Å². The highest BCUT2D eigenvalue weighted by atomic mass is 32.1. The molecule has 0 bridgehead atoms. The molecule has 1 amide bonds. The normalized spacial score (nSPS) is 15.4. The number of aromatic nitrogens is 1. The van der Waals surface area contributed by atoms with Gasteiger partial charge in [-0.25, -0.2) is 14.2 Å². The van der Waals surface area contributed by atoms with Crippen molar-refractivity contribution in [3.8, 4) is 10.6 Å². The van der Waals surface area contributed by atoms with Crippen molar-refractivity contribution in [2.45, 2.75) is 39.7 Å². The van der Waals surface area contributed by atoms with Gasteiger partial charge in [0.25, 0.3) is 5.91 Å². The molecule has 0 radical (unpaired) electrons. The topological polar surface area (TPSA) is 85.8 Å². The van der Waals surface area contributed by atoms with Gasteiger partial charge in [0.05, 0.1) is 18.2 Å². The van der Waals surface area contributed by atoms with Crippen LogP contribution in [0.1, 0.15) is 42.1 Å². The second-order valence-electron chi connectivity index (χ2n) is 7.34. The number of amides is 1. The number of likely N-dealkylation sites (tertiary alicyclic amines) is 1. The van der Waals surface area contributed by atoms with Crippen LogP contribution in [0.25, 0.3) is 10.6 Å². The average Bonchev–Trinajstić information content (AvgIpc) is 3.15. The summed E-state index contributed by atoms with van der Waals surface area (Å²) in [6.45, 7) is 6.16. The number of hydrogen-bond acceptors (Lipinski definition) is 7. The first kappa shape index (κ1) is 22.9. The van der Waals surface area contributed by atoms with E-state index in [2.05, 4.69) is 4.98 Å². The maximum atomic E-state index is 13.1. The number of aryl methyl sites for hydroxylation is 1. The van der Waals surface area contributed by atoms with E-state index in [1.54, 1.807) is 30.9 Å². The zero-order valence-electron chi connectivity index (χ0n) is 17.7. The predicted octanol–water partition coefficient (Wildman–Crippen LogP) is 3.60. The molecule has 3 rings (SSSR count). The summed E-state index contributed by atoms with van der Waals surface area (Å²) in [5.41, 5.74) is 1.19. The van der Waals surface area contributed by atoms with Crippen LogP contribution >= 0.6 is 11.3 Å². The summed E-state index contributed by atoms with van der Waals surface area (Å²) in [4.78, 5) is 43.5. The van der Waals surface area contributed by atoms with E-state index in [4.69, 9.17) is 9.47 Å². The quantitative estimate of drug-likeness (QED) is 0.628. The van der Waals surface area contributed by atoms with Crippen molar-refractivity contribution in [1.29, 1.82) is 0 Å². The number of rotatable bonds is 6. The number of piperidine rings is 1. The van der Waals surface area contributed by atoms with Gasteiger partial charge in [-0.05, 0) is 57.9 Å². The van der Waals surface area contributed by atoms with Gasteiger partial charge in [0.2, 0.25) is 0 Å². The first-order chi connectivity index (χ1) is 14.8. The van der Waals surface area contributed by atoms with E-state index in [-0.39, 0.29) is 23.6 Å². The van der Waals surface area contributed by atoms with E-state index in [1.807, 2.05) is 0 Å². The highest BCUT2D eigenvalue weighted by Crippen LogP contribution is 2.29. The van der Waals surface area contributed by atoms with E-state index in [1.165, 1.54) is 19.1 Å². The van der Waals surface area contributed by atoms with Gasteiger partial charge in [-0.1, -0.05) is 0 Å². The summed E-state index contributed by atoms with van der Waals surface area (Å²) in [5.74, 6) is -1.70. The molecule has 1 atom stereocenters. The third-order valence-corrected chi connectivity index (χ3v) is 6.32. The summed E-state index contributed by atoms with van der Waals surface area (Å²) in [7, 11) is 0. The van der Waals surface area contributed by atoms with Crippen LogP contribution in [0.15, 0.2) is 24.3 Å². The van der Waals surface area contributed by atoms with Crippen LogP contribution in [0.4, 0.5) is 4.39 Å². The number of thiazole rings is 1. The highest BCUT2D eigenvalue weighted by Gasteiger charge is 2.32. The van der Waals surface area contributed by atoms with E-state index < -0.39 is 12.1 Å². The van der Waals surface area contributed by atoms with Gasteiger partial charge >= 0.3 is 11.9 Å². The fourth-order valence-electron chi connectivity index (χ4n) is 3.42. The third-order valence-electron chi connectivity index (χ3n) is 5.13. The number of carbonyl (C=O) groups is 3. The molecule has 2 heterocycles. The lowest BCUT2D eigenvalue weighted by Crippen LogP contribution is -2.45. The van der Waals surface area contributed by atoms with Gasteiger partial charge in [0.15, 0.2) is 6.10 Å².